The maximum absolute atomic E-state index is 12.8. The Kier molecular flexibility index (Phi) is 3.25. The Balaban J connectivity index is 1.83. The van der Waals surface area contributed by atoms with Gasteiger partial charge in [0.2, 0.25) is 0 Å². The molecule has 20 heavy (non-hydrogen) atoms. The highest BCUT2D eigenvalue weighted by molar-refractivity contribution is 5.85. The summed E-state index contributed by atoms with van der Waals surface area (Å²) in [6.45, 7) is 0.284. The second kappa shape index (κ2) is 5.21. The number of phenols is 1. The number of hydrogen-bond acceptors (Lipinski definition) is 2. The minimum absolute atomic E-state index is 0.103. The van der Waals surface area contributed by atoms with Gasteiger partial charge in [0.15, 0.2) is 11.5 Å². The van der Waals surface area contributed by atoms with Crippen molar-refractivity contribution in [1.82, 2.24) is 0 Å². The van der Waals surface area contributed by atoms with Gasteiger partial charge in [-0.1, -0.05) is 36.4 Å². The lowest BCUT2D eigenvalue weighted by Crippen LogP contribution is -1.95. The third-order valence-electron chi connectivity index (χ3n) is 3.13. The van der Waals surface area contributed by atoms with Crippen LogP contribution in [0.4, 0.5) is 4.39 Å². The maximum Gasteiger partial charge on any atom is 0.162 e. The molecule has 3 rings (SSSR count). The Bertz CT molecular complexity index is 736. The van der Waals surface area contributed by atoms with Gasteiger partial charge in [-0.15, -0.1) is 0 Å². The van der Waals surface area contributed by atoms with E-state index < -0.39 is 0 Å². The molecule has 0 heterocycles. The van der Waals surface area contributed by atoms with Crippen LogP contribution in [0.1, 0.15) is 5.56 Å². The maximum atomic E-state index is 12.8. The SMILES string of the molecule is Oc1cc2ccccc2cc1OCc1ccc(F)cc1. The topological polar surface area (TPSA) is 29.5 Å². The van der Waals surface area contributed by atoms with Crippen LogP contribution in [-0.4, -0.2) is 5.11 Å². The zero-order valence-corrected chi connectivity index (χ0v) is 10.7. The molecule has 0 radical (unpaired) electrons. The Morgan fingerprint density at radius 3 is 2.25 bits per heavy atom. The van der Waals surface area contributed by atoms with E-state index in [-0.39, 0.29) is 18.2 Å². The molecule has 0 saturated heterocycles. The van der Waals surface area contributed by atoms with E-state index >= 15 is 0 Å². The van der Waals surface area contributed by atoms with Crippen molar-refractivity contribution in [3.05, 3.63) is 72.0 Å². The Morgan fingerprint density at radius 1 is 0.900 bits per heavy atom. The number of hydrogen-bond donors (Lipinski definition) is 1. The zero-order chi connectivity index (χ0) is 13.9. The first kappa shape index (κ1) is 12.5. The molecule has 0 atom stereocenters. The summed E-state index contributed by atoms with van der Waals surface area (Å²) in [6.07, 6.45) is 0. The molecule has 1 N–H and O–H groups in total. The minimum atomic E-state index is -0.276. The average Bonchev–Trinajstić information content (AvgIpc) is 2.47. The zero-order valence-electron chi connectivity index (χ0n) is 10.7. The van der Waals surface area contributed by atoms with Crippen molar-refractivity contribution in [3.63, 3.8) is 0 Å². The van der Waals surface area contributed by atoms with E-state index in [0.717, 1.165) is 16.3 Å². The Morgan fingerprint density at radius 2 is 1.55 bits per heavy atom. The van der Waals surface area contributed by atoms with Gasteiger partial charge in [0.05, 0.1) is 0 Å². The molecule has 0 saturated carbocycles. The lowest BCUT2D eigenvalue weighted by molar-refractivity contribution is 0.289. The first-order valence-corrected chi connectivity index (χ1v) is 6.31. The molecule has 0 aliphatic heterocycles. The molecular weight excluding hydrogens is 255 g/mol. The lowest BCUT2D eigenvalue weighted by atomic mass is 10.1. The molecule has 3 aromatic rings. The summed E-state index contributed by atoms with van der Waals surface area (Å²) in [5, 5.41) is 11.9. The van der Waals surface area contributed by atoms with Gasteiger partial charge >= 0.3 is 0 Å². The van der Waals surface area contributed by atoms with Gasteiger partial charge in [-0.25, -0.2) is 4.39 Å². The molecule has 0 unspecified atom stereocenters. The number of ether oxygens (including phenoxy) is 1. The standard InChI is InChI=1S/C17H13FO2/c18-15-7-5-12(6-8-15)11-20-17-10-14-4-2-1-3-13(14)9-16(17)19/h1-10,19H,11H2. The summed E-state index contributed by atoms with van der Waals surface area (Å²) in [4.78, 5) is 0. The number of aromatic hydroxyl groups is 1. The van der Waals surface area contributed by atoms with E-state index in [2.05, 4.69) is 0 Å². The quantitative estimate of drug-likeness (QED) is 0.769. The number of rotatable bonds is 3. The average molecular weight is 268 g/mol. The molecule has 100 valence electrons. The van der Waals surface area contributed by atoms with Crippen LogP contribution in [-0.2, 0) is 6.61 Å². The monoisotopic (exact) mass is 268 g/mol. The van der Waals surface area contributed by atoms with E-state index in [0.29, 0.717) is 5.75 Å². The summed E-state index contributed by atoms with van der Waals surface area (Å²) < 4.78 is 18.4. The van der Waals surface area contributed by atoms with E-state index in [1.54, 1.807) is 24.3 Å². The Hall–Kier alpha value is -2.55. The van der Waals surface area contributed by atoms with E-state index in [1.165, 1.54) is 12.1 Å². The van der Waals surface area contributed by atoms with Gasteiger partial charge < -0.3 is 9.84 Å². The van der Waals surface area contributed by atoms with Crippen molar-refractivity contribution < 1.29 is 14.2 Å². The Labute approximate surface area is 116 Å². The second-order valence-electron chi connectivity index (χ2n) is 4.58. The van der Waals surface area contributed by atoms with Gasteiger partial charge in [0, 0.05) is 0 Å². The third-order valence-corrected chi connectivity index (χ3v) is 3.13. The molecule has 0 fully saturated rings. The fourth-order valence-corrected chi connectivity index (χ4v) is 2.06. The highest BCUT2D eigenvalue weighted by atomic mass is 19.1. The molecule has 3 aromatic carbocycles. The van der Waals surface area contributed by atoms with E-state index in [1.807, 2.05) is 24.3 Å². The molecule has 2 nitrogen and oxygen atoms in total. The number of halogens is 1. The second-order valence-corrected chi connectivity index (χ2v) is 4.58. The summed E-state index contributed by atoms with van der Waals surface area (Å²) in [7, 11) is 0. The molecule has 0 spiro atoms. The van der Waals surface area contributed by atoms with Crippen LogP contribution in [0.3, 0.4) is 0 Å². The first-order valence-electron chi connectivity index (χ1n) is 6.31. The van der Waals surface area contributed by atoms with Crippen LogP contribution in [0.15, 0.2) is 60.7 Å². The molecule has 0 bridgehead atoms. The van der Waals surface area contributed by atoms with Crippen molar-refractivity contribution in [3.8, 4) is 11.5 Å². The molecule has 0 aliphatic rings. The van der Waals surface area contributed by atoms with Crippen LogP contribution >= 0.6 is 0 Å². The predicted octanol–water partition coefficient (Wildman–Crippen LogP) is 4.26. The molecular formula is C17H13FO2. The summed E-state index contributed by atoms with van der Waals surface area (Å²) in [6, 6.07) is 17.3. The molecule has 0 aromatic heterocycles. The minimum Gasteiger partial charge on any atom is -0.504 e. The van der Waals surface area contributed by atoms with Gasteiger partial charge in [0.1, 0.15) is 12.4 Å². The highest BCUT2D eigenvalue weighted by Crippen LogP contribution is 2.31. The molecule has 3 heteroatoms. The fourth-order valence-electron chi connectivity index (χ4n) is 2.06. The molecule has 0 aliphatic carbocycles. The van der Waals surface area contributed by atoms with Crippen LogP contribution in [0.5, 0.6) is 11.5 Å². The van der Waals surface area contributed by atoms with E-state index in [4.69, 9.17) is 4.74 Å². The van der Waals surface area contributed by atoms with Crippen LogP contribution in [0.25, 0.3) is 10.8 Å². The first-order chi connectivity index (χ1) is 9.72. The number of fused-ring (bicyclic) bond motifs is 1. The van der Waals surface area contributed by atoms with Crippen molar-refractivity contribution in [2.45, 2.75) is 6.61 Å². The van der Waals surface area contributed by atoms with Crippen molar-refractivity contribution in [2.24, 2.45) is 0 Å². The van der Waals surface area contributed by atoms with E-state index in [9.17, 15) is 9.50 Å². The molecule has 0 amide bonds. The number of benzene rings is 3. The van der Waals surface area contributed by atoms with Crippen LogP contribution in [0, 0.1) is 5.82 Å². The van der Waals surface area contributed by atoms with Crippen LogP contribution < -0.4 is 4.74 Å². The van der Waals surface area contributed by atoms with Gasteiger partial charge in [-0.2, -0.15) is 0 Å². The van der Waals surface area contributed by atoms with Crippen molar-refractivity contribution in [2.75, 3.05) is 0 Å². The summed E-state index contributed by atoms with van der Waals surface area (Å²) in [5.74, 6) is 0.251. The summed E-state index contributed by atoms with van der Waals surface area (Å²) in [5.41, 5.74) is 0.846. The smallest absolute Gasteiger partial charge is 0.162 e. The van der Waals surface area contributed by atoms with Gasteiger partial charge in [-0.3, -0.25) is 0 Å². The number of phenolic OH excluding ortho intramolecular Hbond substituents is 1. The lowest BCUT2D eigenvalue weighted by Gasteiger charge is -2.09. The van der Waals surface area contributed by atoms with Crippen molar-refractivity contribution in [1.29, 1.82) is 0 Å². The predicted molar refractivity (Wildman–Crippen MR) is 76.3 cm³/mol. The summed E-state index contributed by atoms with van der Waals surface area (Å²) >= 11 is 0. The third kappa shape index (κ3) is 2.57. The highest BCUT2D eigenvalue weighted by Gasteiger charge is 2.05. The normalized spacial score (nSPS) is 10.7. The van der Waals surface area contributed by atoms with Gasteiger partial charge in [0.25, 0.3) is 0 Å². The fraction of sp³-hybridized carbons (Fsp3) is 0.0588. The largest absolute Gasteiger partial charge is 0.504 e. The van der Waals surface area contributed by atoms with Crippen LogP contribution in [0.2, 0.25) is 0 Å². The van der Waals surface area contributed by atoms with Crippen molar-refractivity contribution >= 4 is 10.8 Å². The van der Waals surface area contributed by atoms with Gasteiger partial charge in [-0.05, 0) is 40.6 Å².